The molecular formula is C27H36ClN3O3S2. The fourth-order valence-electron chi connectivity index (χ4n) is 4.22. The first kappa shape index (κ1) is 28.7. The summed E-state index contributed by atoms with van der Waals surface area (Å²) in [4.78, 5) is 23.9. The number of thioether (sulfide) groups is 1. The number of rotatable bonds is 12. The zero-order valence-corrected chi connectivity index (χ0v) is 23.6. The Morgan fingerprint density at radius 3 is 2.67 bits per heavy atom. The van der Waals surface area contributed by atoms with Crippen LogP contribution in [0.5, 0.6) is 5.75 Å². The SMILES string of the molecule is CCc1cccc2sc(N(CCCN3CCOCC3)C(=O)CCCSc3ccc(OC)cc3)nc12.Cl. The maximum Gasteiger partial charge on any atom is 0.228 e. The molecule has 0 radical (unpaired) electrons. The van der Waals surface area contributed by atoms with Gasteiger partial charge in [0, 0.05) is 37.5 Å². The molecule has 0 aliphatic carbocycles. The number of morpholine rings is 1. The molecule has 0 N–H and O–H groups in total. The molecule has 1 aliphatic rings. The molecule has 0 bridgehead atoms. The first-order chi connectivity index (χ1) is 17.2. The van der Waals surface area contributed by atoms with Gasteiger partial charge in [-0.25, -0.2) is 4.98 Å². The fraction of sp³-hybridized carbons (Fsp3) is 0.481. The van der Waals surface area contributed by atoms with E-state index in [2.05, 4.69) is 42.2 Å². The van der Waals surface area contributed by atoms with Gasteiger partial charge in [-0.1, -0.05) is 30.4 Å². The van der Waals surface area contributed by atoms with E-state index < -0.39 is 0 Å². The number of fused-ring (bicyclic) bond motifs is 1. The highest BCUT2D eigenvalue weighted by molar-refractivity contribution is 7.99. The Balaban J connectivity index is 0.00000361. The Bertz CT molecular complexity index is 1090. The third-order valence-electron chi connectivity index (χ3n) is 6.23. The van der Waals surface area contributed by atoms with Gasteiger partial charge in [0.2, 0.25) is 5.91 Å². The van der Waals surface area contributed by atoms with Crippen LogP contribution in [0.25, 0.3) is 10.2 Å². The Kier molecular flexibility index (Phi) is 11.8. The molecule has 0 spiro atoms. The van der Waals surface area contributed by atoms with Crippen LogP contribution in [0.2, 0.25) is 0 Å². The van der Waals surface area contributed by atoms with E-state index in [9.17, 15) is 4.79 Å². The van der Waals surface area contributed by atoms with Crippen molar-refractivity contribution in [1.82, 2.24) is 9.88 Å². The number of ether oxygens (including phenoxy) is 2. The van der Waals surface area contributed by atoms with Crippen molar-refractivity contribution in [3.05, 3.63) is 48.0 Å². The highest BCUT2D eigenvalue weighted by atomic mass is 35.5. The molecule has 1 aliphatic heterocycles. The van der Waals surface area contributed by atoms with Crippen molar-refractivity contribution in [1.29, 1.82) is 0 Å². The summed E-state index contributed by atoms with van der Waals surface area (Å²) in [5.74, 6) is 1.93. The molecule has 4 rings (SSSR count). The van der Waals surface area contributed by atoms with Crippen LogP contribution in [0.15, 0.2) is 47.4 Å². The predicted molar refractivity (Wildman–Crippen MR) is 153 cm³/mol. The number of halogens is 1. The number of carbonyl (C=O) groups is 1. The van der Waals surface area contributed by atoms with E-state index in [1.807, 2.05) is 17.0 Å². The van der Waals surface area contributed by atoms with E-state index >= 15 is 0 Å². The number of hydrogen-bond acceptors (Lipinski definition) is 7. The van der Waals surface area contributed by atoms with Gasteiger partial charge in [0.05, 0.1) is 30.5 Å². The van der Waals surface area contributed by atoms with Gasteiger partial charge in [-0.2, -0.15) is 0 Å². The molecule has 196 valence electrons. The highest BCUT2D eigenvalue weighted by Crippen LogP contribution is 2.32. The van der Waals surface area contributed by atoms with E-state index in [0.29, 0.717) is 13.0 Å². The van der Waals surface area contributed by atoms with Crippen LogP contribution in [-0.4, -0.2) is 68.0 Å². The topological polar surface area (TPSA) is 54.9 Å². The molecular weight excluding hydrogens is 514 g/mol. The average Bonchev–Trinajstić information content (AvgIpc) is 3.34. The number of para-hydroxylation sites is 1. The molecule has 1 amide bonds. The van der Waals surface area contributed by atoms with Gasteiger partial charge in [0.25, 0.3) is 0 Å². The van der Waals surface area contributed by atoms with Crippen LogP contribution in [0.3, 0.4) is 0 Å². The summed E-state index contributed by atoms with van der Waals surface area (Å²) >= 11 is 3.41. The van der Waals surface area contributed by atoms with E-state index in [4.69, 9.17) is 14.5 Å². The number of aromatic nitrogens is 1. The second-order valence-electron chi connectivity index (χ2n) is 8.59. The third kappa shape index (κ3) is 7.83. The summed E-state index contributed by atoms with van der Waals surface area (Å²) < 4.78 is 11.8. The minimum Gasteiger partial charge on any atom is -0.497 e. The summed E-state index contributed by atoms with van der Waals surface area (Å²) in [6.07, 6.45) is 3.23. The number of aryl methyl sites for hydroxylation is 1. The van der Waals surface area contributed by atoms with E-state index in [1.165, 1.54) is 10.5 Å². The van der Waals surface area contributed by atoms with Gasteiger partial charge in [0.1, 0.15) is 5.75 Å². The molecule has 1 fully saturated rings. The summed E-state index contributed by atoms with van der Waals surface area (Å²) in [7, 11) is 1.68. The molecule has 0 unspecified atom stereocenters. The van der Waals surface area contributed by atoms with Crippen molar-refractivity contribution in [2.75, 3.05) is 57.2 Å². The van der Waals surface area contributed by atoms with Crippen molar-refractivity contribution < 1.29 is 14.3 Å². The Hall–Kier alpha value is -1.84. The lowest BCUT2D eigenvalue weighted by atomic mass is 10.1. The standard InChI is InChI=1S/C27H35N3O3S2.ClH/c1-3-21-7-4-8-24-26(21)28-27(35-24)30(15-6-14-29-16-18-33-19-17-29)25(31)9-5-20-34-23-12-10-22(32-2)11-13-23;/h4,7-8,10-13H,3,5-6,9,14-20H2,1-2H3;1H. The van der Waals surface area contributed by atoms with Crippen molar-refractivity contribution in [2.24, 2.45) is 0 Å². The smallest absolute Gasteiger partial charge is 0.228 e. The Morgan fingerprint density at radius 1 is 1.17 bits per heavy atom. The molecule has 2 heterocycles. The lowest BCUT2D eigenvalue weighted by Gasteiger charge is -2.27. The molecule has 0 saturated carbocycles. The number of thiazole rings is 1. The Labute approximate surface area is 228 Å². The van der Waals surface area contributed by atoms with Gasteiger partial charge >= 0.3 is 0 Å². The van der Waals surface area contributed by atoms with Gasteiger partial charge in [-0.3, -0.25) is 14.6 Å². The second kappa shape index (κ2) is 14.8. The van der Waals surface area contributed by atoms with Crippen molar-refractivity contribution in [2.45, 2.75) is 37.5 Å². The first-order valence-electron chi connectivity index (χ1n) is 12.4. The maximum atomic E-state index is 13.4. The minimum atomic E-state index is 0. The number of methoxy groups -OCH3 is 1. The summed E-state index contributed by atoms with van der Waals surface area (Å²) in [6, 6.07) is 14.4. The van der Waals surface area contributed by atoms with Crippen LogP contribution in [0, 0.1) is 0 Å². The van der Waals surface area contributed by atoms with E-state index in [-0.39, 0.29) is 18.3 Å². The molecule has 1 aromatic heterocycles. The normalized spacial score (nSPS) is 13.9. The van der Waals surface area contributed by atoms with E-state index in [0.717, 1.165) is 79.0 Å². The van der Waals surface area contributed by atoms with E-state index in [1.54, 1.807) is 30.2 Å². The molecule has 1 saturated heterocycles. The number of amides is 1. The lowest BCUT2D eigenvalue weighted by molar-refractivity contribution is -0.118. The van der Waals surface area contributed by atoms with Crippen molar-refractivity contribution in [3.63, 3.8) is 0 Å². The van der Waals surface area contributed by atoms with Gasteiger partial charge in [-0.15, -0.1) is 24.2 Å². The fourth-order valence-corrected chi connectivity index (χ4v) is 6.13. The molecule has 3 aromatic rings. The molecule has 6 nitrogen and oxygen atoms in total. The first-order valence-corrected chi connectivity index (χ1v) is 14.2. The maximum absolute atomic E-state index is 13.4. The van der Waals surface area contributed by atoms with Crippen LogP contribution in [-0.2, 0) is 16.0 Å². The van der Waals surface area contributed by atoms with Crippen LogP contribution in [0.4, 0.5) is 5.13 Å². The van der Waals surface area contributed by atoms with Crippen molar-refractivity contribution in [3.8, 4) is 5.75 Å². The quantitative estimate of drug-likeness (QED) is 0.206. The monoisotopic (exact) mass is 549 g/mol. The Morgan fingerprint density at radius 2 is 1.94 bits per heavy atom. The van der Waals surface area contributed by atoms with Gasteiger partial charge in [0.15, 0.2) is 5.13 Å². The summed E-state index contributed by atoms with van der Waals surface area (Å²) in [6.45, 7) is 7.36. The number of nitrogens with zero attached hydrogens (tertiary/aromatic N) is 3. The number of carbonyl (C=O) groups excluding carboxylic acids is 1. The summed E-state index contributed by atoms with van der Waals surface area (Å²) in [5.41, 5.74) is 2.28. The minimum absolute atomic E-state index is 0. The van der Waals surface area contributed by atoms with Crippen LogP contribution in [0.1, 0.15) is 31.7 Å². The highest BCUT2D eigenvalue weighted by Gasteiger charge is 2.21. The van der Waals surface area contributed by atoms with Crippen molar-refractivity contribution >= 4 is 56.8 Å². The average molecular weight is 550 g/mol. The van der Waals surface area contributed by atoms with Gasteiger partial charge < -0.3 is 9.47 Å². The van der Waals surface area contributed by atoms with Crippen LogP contribution >= 0.6 is 35.5 Å². The predicted octanol–water partition coefficient (Wildman–Crippen LogP) is 5.92. The third-order valence-corrected chi connectivity index (χ3v) is 8.37. The van der Waals surface area contributed by atoms with Gasteiger partial charge in [-0.05, 0) is 60.9 Å². The zero-order chi connectivity index (χ0) is 24.5. The number of anilines is 1. The lowest BCUT2D eigenvalue weighted by Crippen LogP contribution is -2.39. The molecule has 0 atom stereocenters. The largest absolute Gasteiger partial charge is 0.497 e. The zero-order valence-electron chi connectivity index (χ0n) is 21.1. The molecule has 36 heavy (non-hydrogen) atoms. The number of hydrogen-bond donors (Lipinski definition) is 0. The van der Waals surface area contributed by atoms with Crippen LogP contribution < -0.4 is 9.64 Å². The second-order valence-corrected chi connectivity index (χ2v) is 10.8. The summed E-state index contributed by atoms with van der Waals surface area (Å²) in [5, 5.41) is 0.829. The molecule has 2 aromatic carbocycles. The number of benzene rings is 2. The molecule has 9 heteroatoms.